The van der Waals surface area contributed by atoms with Crippen molar-refractivity contribution in [3.8, 4) is 5.75 Å². The largest absolute Gasteiger partial charge is 0.490 e. The zero-order chi connectivity index (χ0) is 23.8. The lowest BCUT2D eigenvalue weighted by atomic mass is 10.2. The van der Waals surface area contributed by atoms with Crippen LogP contribution in [0.4, 0.5) is 17.2 Å². The van der Waals surface area contributed by atoms with Crippen LogP contribution in [0.2, 0.25) is 5.02 Å². The van der Waals surface area contributed by atoms with Gasteiger partial charge in [-0.1, -0.05) is 31.5 Å². The molecule has 1 heterocycles. The van der Waals surface area contributed by atoms with Gasteiger partial charge in [0.05, 0.1) is 30.5 Å². The molecule has 1 aromatic carbocycles. The summed E-state index contributed by atoms with van der Waals surface area (Å²) in [4.78, 5) is 41.5. The number of hydrogen-bond donors (Lipinski definition) is 3. The summed E-state index contributed by atoms with van der Waals surface area (Å²) in [6.45, 7) is 6.39. The molecule has 0 aliphatic heterocycles. The number of para-hydroxylation sites is 1. The molecule has 0 bridgehead atoms. The highest BCUT2D eigenvalue weighted by Crippen LogP contribution is 2.32. The molecule has 2 rings (SSSR count). The molecular formula is C21H30ClN5O5. The summed E-state index contributed by atoms with van der Waals surface area (Å²) < 4.78 is 11.9. The summed E-state index contributed by atoms with van der Waals surface area (Å²) in [5.41, 5.74) is 5.26. The van der Waals surface area contributed by atoms with Crippen molar-refractivity contribution in [3.05, 3.63) is 44.1 Å². The zero-order valence-electron chi connectivity index (χ0n) is 18.7. The number of halogens is 1. The van der Waals surface area contributed by atoms with Crippen LogP contribution in [-0.2, 0) is 16.1 Å². The summed E-state index contributed by atoms with van der Waals surface area (Å²) in [6.07, 6.45) is 0. The molecule has 0 saturated heterocycles. The van der Waals surface area contributed by atoms with E-state index in [0.717, 1.165) is 0 Å². The fourth-order valence-corrected chi connectivity index (χ4v) is 3.36. The van der Waals surface area contributed by atoms with Gasteiger partial charge in [0, 0.05) is 20.2 Å². The third-order valence-electron chi connectivity index (χ3n) is 4.54. The van der Waals surface area contributed by atoms with Crippen molar-refractivity contribution < 1.29 is 14.3 Å². The van der Waals surface area contributed by atoms with Crippen molar-refractivity contribution in [2.45, 2.75) is 27.3 Å². The number of rotatable bonds is 11. The molecule has 0 spiro atoms. The van der Waals surface area contributed by atoms with E-state index < -0.39 is 17.2 Å². The van der Waals surface area contributed by atoms with Crippen LogP contribution in [0.5, 0.6) is 5.75 Å². The fraction of sp³-hybridized carbons (Fsp3) is 0.476. The van der Waals surface area contributed by atoms with Gasteiger partial charge in [-0.25, -0.2) is 4.79 Å². The molecule has 0 unspecified atom stereocenters. The predicted octanol–water partition coefficient (Wildman–Crippen LogP) is 1.92. The molecule has 0 aliphatic carbocycles. The van der Waals surface area contributed by atoms with Crippen LogP contribution in [0.25, 0.3) is 0 Å². The monoisotopic (exact) mass is 467 g/mol. The van der Waals surface area contributed by atoms with Crippen LogP contribution >= 0.6 is 11.6 Å². The first-order valence-electron chi connectivity index (χ1n) is 10.3. The molecule has 32 heavy (non-hydrogen) atoms. The quantitative estimate of drug-likeness (QED) is 0.460. The first kappa shape index (κ1) is 25.3. The van der Waals surface area contributed by atoms with Crippen LogP contribution in [-0.4, -0.2) is 48.9 Å². The van der Waals surface area contributed by atoms with E-state index in [1.807, 2.05) is 20.8 Å². The highest BCUT2D eigenvalue weighted by atomic mass is 35.5. The number of ether oxygens (including phenoxy) is 2. The van der Waals surface area contributed by atoms with Crippen molar-refractivity contribution >= 4 is 34.7 Å². The Bertz CT molecular complexity index is 1050. The van der Waals surface area contributed by atoms with Gasteiger partial charge in [-0.05, 0) is 25.0 Å². The number of benzene rings is 1. The smallest absolute Gasteiger partial charge is 0.330 e. The Morgan fingerprint density at radius 1 is 1.34 bits per heavy atom. The minimum absolute atomic E-state index is 0.0675. The number of carbonyl (C=O) groups excluding carboxylic acids is 1. The fourth-order valence-electron chi connectivity index (χ4n) is 3.13. The Morgan fingerprint density at radius 2 is 2.06 bits per heavy atom. The predicted molar refractivity (Wildman–Crippen MR) is 126 cm³/mol. The highest BCUT2D eigenvalue weighted by molar-refractivity contribution is 6.32. The second-order valence-corrected chi connectivity index (χ2v) is 7.85. The van der Waals surface area contributed by atoms with Crippen molar-refractivity contribution in [1.29, 1.82) is 0 Å². The van der Waals surface area contributed by atoms with E-state index in [1.54, 1.807) is 18.2 Å². The molecule has 1 aromatic heterocycles. The van der Waals surface area contributed by atoms with E-state index in [2.05, 4.69) is 10.3 Å². The molecule has 10 nitrogen and oxygen atoms in total. The number of aromatic amines is 1. The topological polar surface area (TPSA) is 132 Å². The number of methoxy groups -OCH3 is 1. The number of aromatic nitrogens is 2. The van der Waals surface area contributed by atoms with Crippen molar-refractivity contribution in [2.24, 2.45) is 5.92 Å². The summed E-state index contributed by atoms with van der Waals surface area (Å²) in [6, 6.07) is 5.14. The van der Waals surface area contributed by atoms with E-state index in [-0.39, 0.29) is 37.1 Å². The third kappa shape index (κ3) is 6.04. The average Bonchev–Trinajstić information content (AvgIpc) is 2.73. The molecule has 4 N–H and O–H groups in total. The van der Waals surface area contributed by atoms with E-state index in [9.17, 15) is 14.4 Å². The van der Waals surface area contributed by atoms with Gasteiger partial charge in [0.2, 0.25) is 5.91 Å². The normalized spacial score (nSPS) is 10.9. The standard InChI is InChI=1S/C21H30ClN5O5/c1-5-32-18-14(22)7-6-8-15(18)24-11-16(28)26(9-10-31-4)17-19(23)27(12-13(2)3)21(30)25-20(17)29/h6-8,13,24H,5,9-12,23H2,1-4H3,(H,25,29,30). The number of nitrogens with two attached hydrogens (primary N) is 1. The summed E-state index contributed by atoms with van der Waals surface area (Å²) in [5, 5.41) is 3.40. The summed E-state index contributed by atoms with van der Waals surface area (Å²) in [7, 11) is 1.48. The Balaban J connectivity index is 2.39. The molecule has 1 amide bonds. The van der Waals surface area contributed by atoms with Crippen LogP contribution in [0.3, 0.4) is 0 Å². The van der Waals surface area contributed by atoms with Crippen LogP contribution in [0, 0.1) is 5.92 Å². The first-order valence-corrected chi connectivity index (χ1v) is 10.7. The molecule has 176 valence electrons. The minimum atomic E-state index is -0.741. The maximum absolute atomic E-state index is 13.1. The summed E-state index contributed by atoms with van der Waals surface area (Å²) in [5.74, 6) is 0.000183. The molecule has 11 heteroatoms. The van der Waals surface area contributed by atoms with Gasteiger partial charge in [-0.3, -0.25) is 19.1 Å². The number of carbonyl (C=O) groups is 1. The number of anilines is 3. The molecular weight excluding hydrogens is 438 g/mol. The van der Waals surface area contributed by atoms with Crippen molar-refractivity contribution in [2.75, 3.05) is 49.4 Å². The van der Waals surface area contributed by atoms with Gasteiger partial charge in [0.15, 0.2) is 11.4 Å². The average molecular weight is 468 g/mol. The SMILES string of the molecule is CCOc1c(Cl)cccc1NCC(=O)N(CCOC)c1c(N)n(CC(C)C)c(=O)[nH]c1=O. The third-order valence-corrected chi connectivity index (χ3v) is 4.84. The molecule has 0 saturated carbocycles. The second-order valence-electron chi connectivity index (χ2n) is 7.44. The van der Waals surface area contributed by atoms with Crippen molar-refractivity contribution in [1.82, 2.24) is 9.55 Å². The number of amides is 1. The molecule has 0 radical (unpaired) electrons. The first-order chi connectivity index (χ1) is 15.2. The number of hydrogen-bond acceptors (Lipinski definition) is 7. The van der Waals surface area contributed by atoms with Crippen LogP contribution < -0.4 is 31.9 Å². The minimum Gasteiger partial charge on any atom is -0.490 e. The highest BCUT2D eigenvalue weighted by Gasteiger charge is 2.24. The van der Waals surface area contributed by atoms with Gasteiger partial charge in [0.25, 0.3) is 5.56 Å². The molecule has 0 atom stereocenters. The zero-order valence-corrected chi connectivity index (χ0v) is 19.5. The summed E-state index contributed by atoms with van der Waals surface area (Å²) >= 11 is 6.19. The van der Waals surface area contributed by atoms with Crippen molar-refractivity contribution in [3.63, 3.8) is 0 Å². The Morgan fingerprint density at radius 3 is 2.69 bits per heavy atom. The van der Waals surface area contributed by atoms with E-state index in [1.165, 1.54) is 16.6 Å². The molecule has 0 fully saturated rings. The van der Waals surface area contributed by atoms with Gasteiger partial charge >= 0.3 is 5.69 Å². The second kappa shape index (κ2) is 11.6. The molecule has 2 aromatic rings. The number of H-pyrrole nitrogens is 1. The lowest BCUT2D eigenvalue weighted by Crippen LogP contribution is -2.44. The van der Waals surface area contributed by atoms with Gasteiger partial charge < -0.3 is 25.4 Å². The number of nitrogen functional groups attached to an aromatic ring is 1. The maximum atomic E-state index is 13.1. The lowest BCUT2D eigenvalue weighted by Gasteiger charge is -2.25. The van der Waals surface area contributed by atoms with Gasteiger partial charge in [0.1, 0.15) is 5.82 Å². The number of nitrogens with zero attached hydrogens (tertiary/aromatic N) is 2. The van der Waals surface area contributed by atoms with E-state index in [0.29, 0.717) is 29.6 Å². The maximum Gasteiger partial charge on any atom is 0.330 e. The van der Waals surface area contributed by atoms with E-state index >= 15 is 0 Å². The lowest BCUT2D eigenvalue weighted by molar-refractivity contribution is -0.117. The van der Waals surface area contributed by atoms with Crippen LogP contribution in [0.1, 0.15) is 20.8 Å². The number of nitrogens with one attached hydrogen (secondary N) is 2. The van der Waals surface area contributed by atoms with Crippen LogP contribution in [0.15, 0.2) is 27.8 Å². The Labute approximate surface area is 191 Å². The van der Waals surface area contributed by atoms with E-state index in [4.69, 9.17) is 26.8 Å². The van der Waals surface area contributed by atoms with Gasteiger partial charge in [-0.15, -0.1) is 0 Å². The van der Waals surface area contributed by atoms with Gasteiger partial charge in [-0.2, -0.15) is 0 Å². The molecule has 0 aliphatic rings. The Hall–Kier alpha value is -2.98. The Kier molecular flexibility index (Phi) is 9.15.